The Kier molecular flexibility index (Phi) is 9.08. The number of alkyl halides is 3. The Balaban J connectivity index is 0.00000441. The molecule has 0 spiro atoms. The van der Waals surface area contributed by atoms with Gasteiger partial charge in [0.05, 0.1) is 5.56 Å². The van der Waals surface area contributed by atoms with Crippen LogP contribution in [0.25, 0.3) is 0 Å². The SMILES string of the molecule is COCCCCC(=O)Nc1cc(CN)cc(C(F)(F)F)c1.Cl. The summed E-state index contributed by atoms with van der Waals surface area (Å²) in [4.78, 5) is 11.7. The lowest BCUT2D eigenvalue weighted by molar-refractivity contribution is -0.137. The van der Waals surface area contributed by atoms with Crippen LogP contribution in [-0.2, 0) is 22.3 Å². The van der Waals surface area contributed by atoms with Gasteiger partial charge < -0.3 is 15.8 Å². The van der Waals surface area contributed by atoms with Crippen molar-refractivity contribution in [3.8, 4) is 0 Å². The first-order valence-electron chi connectivity index (χ1n) is 6.57. The number of rotatable bonds is 7. The third-order valence-electron chi connectivity index (χ3n) is 2.84. The molecule has 3 N–H and O–H groups in total. The second-order valence-electron chi connectivity index (χ2n) is 4.62. The molecule has 0 heterocycles. The number of hydrogen-bond donors (Lipinski definition) is 2. The second kappa shape index (κ2) is 9.66. The normalized spacial score (nSPS) is 11.0. The first-order chi connectivity index (χ1) is 9.86. The van der Waals surface area contributed by atoms with Gasteiger partial charge in [0.2, 0.25) is 5.91 Å². The Hall–Kier alpha value is -1.31. The molecule has 0 fully saturated rings. The predicted molar refractivity (Wildman–Crippen MR) is 80.9 cm³/mol. The summed E-state index contributed by atoms with van der Waals surface area (Å²) in [5.41, 5.74) is 4.99. The molecule has 4 nitrogen and oxygen atoms in total. The number of nitrogens with two attached hydrogens (primary N) is 1. The van der Waals surface area contributed by atoms with Gasteiger partial charge in [-0.15, -0.1) is 12.4 Å². The number of unbranched alkanes of at least 4 members (excludes halogenated alkanes) is 1. The average molecular weight is 341 g/mol. The van der Waals surface area contributed by atoms with Crippen molar-refractivity contribution in [1.29, 1.82) is 0 Å². The lowest BCUT2D eigenvalue weighted by Crippen LogP contribution is -2.14. The summed E-state index contributed by atoms with van der Waals surface area (Å²) in [7, 11) is 1.57. The van der Waals surface area contributed by atoms with Crippen molar-refractivity contribution in [1.82, 2.24) is 0 Å². The van der Waals surface area contributed by atoms with Crippen LogP contribution in [0.4, 0.5) is 18.9 Å². The zero-order valence-electron chi connectivity index (χ0n) is 12.2. The molecule has 1 aromatic rings. The maximum Gasteiger partial charge on any atom is 0.416 e. The Labute approximate surface area is 133 Å². The molecule has 0 atom stereocenters. The minimum absolute atomic E-state index is 0. The van der Waals surface area contributed by atoms with Crippen LogP contribution in [-0.4, -0.2) is 19.6 Å². The number of carbonyl (C=O) groups is 1. The summed E-state index contributed by atoms with van der Waals surface area (Å²) in [6, 6.07) is 3.34. The number of benzene rings is 1. The number of ether oxygens (including phenoxy) is 1. The fraction of sp³-hybridized carbons (Fsp3) is 0.500. The molecule has 0 saturated heterocycles. The summed E-state index contributed by atoms with van der Waals surface area (Å²) in [5.74, 6) is -0.326. The Bertz CT molecular complexity index is 482. The number of anilines is 1. The van der Waals surface area contributed by atoms with Crippen molar-refractivity contribution in [3.63, 3.8) is 0 Å². The molecular weight excluding hydrogens is 321 g/mol. The highest BCUT2D eigenvalue weighted by atomic mass is 35.5. The van der Waals surface area contributed by atoms with Gasteiger partial charge in [-0.3, -0.25) is 4.79 Å². The minimum atomic E-state index is -4.47. The van der Waals surface area contributed by atoms with Gasteiger partial charge in [-0.1, -0.05) is 0 Å². The van der Waals surface area contributed by atoms with Gasteiger partial charge in [-0.2, -0.15) is 13.2 Å². The van der Waals surface area contributed by atoms with Gasteiger partial charge in [-0.25, -0.2) is 0 Å². The molecule has 1 aromatic carbocycles. The molecule has 1 rings (SSSR count). The Morgan fingerprint density at radius 2 is 1.95 bits per heavy atom. The number of nitrogens with one attached hydrogen (secondary N) is 1. The van der Waals surface area contributed by atoms with Crippen molar-refractivity contribution >= 4 is 24.0 Å². The van der Waals surface area contributed by atoms with Gasteiger partial charge in [0.1, 0.15) is 0 Å². The molecule has 0 saturated carbocycles. The van der Waals surface area contributed by atoms with Crippen molar-refractivity contribution in [2.24, 2.45) is 5.73 Å². The summed E-state index contributed by atoms with van der Waals surface area (Å²) in [5, 5.41) is 2.47. The molecule has 0 bridgehead atoms. The number of hydrogen-bond acceptors (Lipinski definition) is 3. The van der Waals surface area contributed by atoms with Crippen LogP contribution in [0.2, 0.25) is 0 Å². The Morgan fingerprint density at radius 3 is 2.50 bits per heavy atom. The molecule has 0 aliphatic carbocycles. The number of halogens is 4. The van der Waals surface area contributed by atoms with E-state index in [1.54, 1.807) is 7.11 Å². The van der Waals surface area contributed by atoms with E-state index in [1.165, 1.54) is 6.07 Å². The van der Waals surface area contributed by atoms with Crippen LogP contribution < -0.4 is 11.1 Å². The standard InChI is InChI=1S/C14H19F3N2O2.ClH/c1-21-5-3-2-4-13(20)19-12-7-10(9-18)6-11(8-12)14(15,16)17;/h6-8H,2-5,9,18H2,1H3,(H,19,20);1H. The van der Waals surface area contributed by atoms with E-state index in [9.17, 15) is 18.0 Å². The fourth-order valence-electron chi connectivity index (χ4n) is 1.80. The van der Waals surface area contributed by atoms with E-state index in [4.69, 9.17) is 10.5 Å². The van der Waals surface area contributed by atoms with Crippen molar-refractivity contribution in [3.05, 3.63) is 29.3 Å². The summed E-state index contributed by atoms with van der Waals surface area (Å²) in [6.45, 7) is 0.523. The molecule has 0 aliphatic rings. The van der Waals surface area contributed by atoms with Crippen LogP contribution in [0, 0.1) is 0 Å². The highest BCUT2D eigenvalue weighted by molar-refractivity contribution is 5.90. The van der Waals surface area contributed by atoms with Crippen LogP contribution in [0.15, 0.2) is 18.2 Å². The smallest absolute Gasteiger partial charge is 0.385 e. The number of methoxy groups -OCH3 is 1. The van der Waals surface area contributed by atoms with E-state index in [1.807, 2.05) is 0 Å². The molecule has 0 aliphatic heterocycles. The molecule has 1 amide bonds. The van der Waals surface area contributed by atoms with Crippen LogP contribution in [0.3, 0.4) is 0 Å². The maximum atomic E-state index is 12.7. The van der Waals surface area contributed by atoms with E-state index in [-0.39, 0.29) is 37.0 Å². The van der Waals surface area contributed by atoms with Crippen molar-refractivity contribution < 1.29 is 22.7 Å². The zero-order chi connectivity index (χ0) is 15.9. The average Bonchev–Trinajstić information content (AvgIpc) is 2.42. The fourth-order valence-corrected chi connectivity index (χ4v) is 1.80. The van der Waals surface area contributed by atoms with Crippen molar-refractivity contribution in [2.75, 3.05) is 19.0 Å². The van der Waals surface area contributed by atoms with Gasteiger partial charge in [-0.05, 0) is 36.6 Å². The summed E-state index contributed by atoms with van der Waals surface area (Å²) >= 11 is 0. The van der Waals surface area contributed by atoms with Gasteiger partial charge in [0.15, 0.2) is 0 Å². The third kappa shape index (κ3) is 7.11. The zero-order valence-corrected chi connectivity index (χ0v) is 13.0. The van der Waals surface area contributed by atoms with Gasteiger partial charge >= 0.3 is 6.18 Å². The topological polar surface area (TPSA) is 64.3 Å². The third-order valence-corrected chi connectivity index (χ3v) is 2.84. The van der Waals surface area contributed by atoms with Crippen molar-refractivity contribution in [2.45, 2.75) is 32.0 Å². The molecule has 0 radical (unpaired) electrons. The highest BCUT2D eigenvalue weighted by Crippen LogP contribution is 2.32. The van der Waals surface area contributed by atoms with Gasteiger partial charge in [0.25, 0.3) is 0 Å². The summed E-state index contributed by atoms with van der Waals surface area (Å²) in [6.07, 6.45) is -2.90. The monoisotopic (exact) mass is 340 g/mol. The first kappa shape index (κ1) is 20.7. The number of carbonyl (C=O) groups excluding carboxylic acids is 1. The number of amides is 1. The quantitative estimate of drug-likeness (QED) is 0.748. The first-order valence-corrected chi connectivity index (χ1v) is 6.57. The lowest BCUT2D eigenvalue weighted by Gasteiger charge is -2.12. The summed E-state index contributed by atoms with van der Waals surface area (Å²) < 4.78 is 43.1. The van der Waals surface area contributed by atoms with Gasteiger partial charge in [0, 0.05) is 32.4 Å². The lowest BCUT2D eigenvalue weighted by atomic mass is 10.1. The largest absolute Gasteiger partial charge is 0.416 e. The molecular formula is C14H20ClF3N2O2. The maximum absolute atomic E-state index is 12.7. The minimum Gasteiger partial charge on any atom is -0.385 e. The van der Waals surface area contributed by atoms with E-state index in [0.29, 0.717) is 18.6 Å². The van der Waals surface area contributed by atoms with Crippen LogP contribution >= 0.6 is 12.4 Å². The van der Waals surface area contributed by atoms with Crippen LogP contribution in [0.5, 0.6) is 0 Å². The van der Waals surface area contributed by atoms with E-state index < -0.39 is 11.7 Å². The van der Waals surface area contributed by atoms with E-state index in [0.717, 1.165) is 18.6 Å². The van der Waals surface area contributed by atoms with E-state index >= 15 is 0 Å². The molecule has 0 unspecified atom stereocenters. The predicted octanol–water partition coefficient (Wildman–Crippen LogP) is 3.34. The molecule has 0 aromatic heterocycles. The molecule has 8 heteroatoms. The molecule has 126 valence electrons. The Morgan fingerprint density at radius 1 is 1.27 bits per heavy atom. The molecule has 22 heavy (non-hydrogen) atoms. The van der Waals surface area contributed by atoms with Crippen LogP contribution in [0.1, 0.15) is 30.4 Å². The van der Waals surface area contributed by atoms with E-state index in [2.05, 4.69) is 5.32 Å². The second-order valence-corrected chi connectivity index (χ2v) is 4.62. The highest BCUT2D eigenvalue weighted by Gasteiger charge is 2.31.